The Kier molecular flexibility index (Phi) is 17.1. The Morgan fingerprint density at radius 1 is 0.468 bits per heavy atom. The molecule has 8 aromatic rings. The Morgan fingerprint density at radius 2 is 0.896 bits per heavy atom. The summed E-state index contributed by atoms with van der Waals surface area (Å²) in [7, 11) is 1.81. The normalized spacial score (nSPS) is 30.7. The van der Waals surface area contributed by atoms with E-state index in [1.165, 1.54) is 24.9 Å². The molecule has 4 unspecified atom stereocenters. The first-order valence-corrected chi connectivity index (χ1v) is 23.8. The molecule has 8 aromatic heterocycles. The molecule has 0 radical (unpaired) electrons. The van der Waals surface area contributed by atoms with Crippen LogP contribution in [0.25, 0.3) is 45.3 Å². The molecular formula is C44H57N17O16. The van der Waals surface area contributed by atoms with Crippen LogP contribution in [0.4, 0.5) is 0 Å². The van der Waals surface area contributed by atoms with Crippen molar-refractivity contribution >= 4 is 0 Å². The minimum Gasteiger partial charge on any atom is -0.394 e. The molecule has 12 rings (SSSR count). The van der Waals surface area contributed by atoms with Gasteiger partial charge in [0.2, 0.25) is 0 Å². The lowest BCUT2D eigenvalue weighted by atomic mass is 10.1. The average molecular weight is 1080 g/mol. The third kappa shape index (κ3) is 11.6. The number of hydrogen-bond acceptors (Lipinski definition) is 25. The zero-order valence-electron chi connectivity index (χ0n) is 40.5. The predicted molar refractivity (Wildman–Crippen MR) is 254 cm³/mol. The number of aryl methyl sites for hydroxylation is 1. The molecule has 15 N–H and O–H groups in total. The summed E-state index contributed by atoms with van der Waals surface area (Å²) in [6, 6.07) is 8.71. The summed E-state index contributed by atoms with van der Waals surface area (Å²) in [5, 5.41) is 159. The fourth-order valence-corrected chi connectivity index (χ4v) is 8.57. The average Bonchev–Trinajstić information content (AvgIpc) is 4.28. The molecule has 0 bridgehead atoms. The molecule has 77 heavy (non-hydrogen) atoms. The first kappa shape index (κ1) is 54.7. The number of nitrogens with zero attached hydrogens (tertiary/aromatic N) is 14. The molecule has 0 saturated carbocycles. The maximum atomic E-state index is 9.93. The molecule has 4 aliphatic rings. The van der Waals surface area contributed by atoms with E-state index < -0.39 is 98.2 Å². The third-order valence-electron chi connectivity index (χ3n) is 12.8. The summed E-state index contributed by atoms with van der Waals surface area (Å²) >= 11 is 0. The Hall–Kier alpha value is -7.03. The number of aromatic amines is 3. The quantitative estimate of drug-likeness (QED) is 0.0544. The molecule has 0 aliphatic carbocycles. The van der Waals surface area contributed by atoms with Gasteiger partial charge in [-0.15, -0.1) is 0 Å². The monoisotopic (exact) mass is 1080 g/mol. The highest BCUT2D eigenvalue weighted by Crippen LogP contribution is 2.33. The van der Waals surface area contributed by atoms with Crippen LogP contribution in [0.15, 0.2) is 92.3 Å². The molecule has 0 spiro atoms. The van der Waals surface area contributed by atoms with Gasteiger partial charge in [-0.3, -0.25) is 14.9 Å². The van der Waals surface area contributed by atoms with Crippen molar-refractivity contribution in [2.45, 2.75) is 98.2 Å². The second-order valence-electron chi connectivity index (χ2n) is 17.9. The maximum absolute atomic E-state index is 9.93. The predicted octanol–water partition coefficient (Wildman–Crippen LogP) is -5.06. The fourth-order valence-electron chi connectivity index (χ4n) is 8.57. The summed E-state index contributed by atoms with van der Waals surface area (Å²) in [6.07, 6.45) is 0.909. The molecule has 0 aromatic carbocycles. The number of ether oxygens (including phenoxy) is 4. The summed E-state index contributed by atoms with van der Waals surface area (Å²) in [5.74, 6) is 0. The summed E-state index contributed by atoms with van der Waals surface area (Å²) in [4.78, 5) is 0. The van der Waals surface area contributed by atoms with Crippen LogP contribution in [-0.4, -0.2) is 246 Å². The van der Waals surface area contributed by atoms with Gasteiger partial charge in [-0.2, -0.15) is 51.1 Å². The van der Waals surface area contributed by atoms with Gasteiger partial charge in [-0.25, -0.2) is 18.7 Å². The van der Waals surface area contributed by atoms with Crippen LogP contribution >= 0.6 is 0 Å². The van der Waals surface area contributed by atoms with Gasteiger partial charge in [-0.05, 0) is 30.3 Å². The van der Waals surface area contributed by atoms with Crippen molar-refractivity contribution in [1.82, 2.24) is 84.7 Å². The van der Waals surface area contributed by atoms with E-state index in [9.17, 15) is 40.9 Å². The second kappa shape index (κ2) is 24.1. The minimum atomic E-state index is -1.15. The lowest BCUT2D eigenvalue weighted by Crippen LogP contribution is -2.33. The van der Waals surface area contributed by atoms with E-state index in [-0.39, 0.29) is 26.4 Å². The minimum absolute atomic E-state index is 0.356. The fraction of sp³-hybridized carbons (Fsp3) is 0.477. The molecule has 16 atom stereocenters. The lowest BCUT2D eigenvalue weighted by Gasteiger charge is -2.14. The van der Waals surface area contributed by atoms with Crippen LogP contribution in [-0.2, 0) is 26.0 Å². The van der Waals surface area contributed by atoms with Gasteiger partial charge in [0.05, 0.1) is 62.1 Å². The molecule has 414 valence electrons. The van der Waals surface area contributed by atoms with Gasteiger partial charge < -0.3 is 80.2 Å². The molecule has 12 heterocycles. The van der Waals surface area contributed by atoms with Gasteiger partial charge in [-0.1, -0.05) is 0 Å². The summed E-state index contributed by atoms with van der Waals surface area (Å²) < 4.78 is 28.8. The lowest BCUT2D eigenvalue weighted by molar-refractivity contribution is -0.0585. The van der Waals surface area contributed by atoms with E-state index in [1.54, 1.807) is 84.6 Å². The molecular weight excluding hydrogens is 1020 g/mol. The SMILES string of the molecule is Cn1cc(-c2ccn([C@@H]3O[C@H](CO)C(O)[C@@H]3O)n2)cn1.OC[C@H]1O[C@@H](n2ccc(-c3ccn[nH]3)n2)[C@@H](O)C1O.OC[C@H]1O[C@@H](n2ccc(-c3cn[nH]c3)n2)[C@@H](O)C1O.OC[C@H]1O[C@@H](n2ccc(-c3cn[nH]n3)n2)[C@@H](O)C1O. The topological polar surface area (TPSA) is 468 Å². The Bertz CT molecular complexity index is 2780. The molecule has 0 amide bonds. The van der Waals surface area contributed by atoms with Crippen molar-refractivity contribution in [2.24, 2.45) is 7.05 Å². The number of aliphatic hydroxyl groups excluding tert-OH is 12. The Balaban J connectivity index is 0.000000125. The van der Waals surface area contributed by atoms with E-state index in [2.05, 4.69) is 61.3 Å². The zero-order chi connectivity index (χ0) is 54.5. The highest BCUT2D eigenvalue weighted by molar-refractivity contribution is 5.57. The highest BCUT2D eigenvalue weighted by Gasteiger charge is 2.47. The number of aromatic nitrogens is 17. The first-order valence-electron chi connectivity index (χ1n) is 23.8. The smallest absolute Gasteiger partial charge is 0.179 e. The van der Waals surface area contributed by atoms with Crippen LogP contribution < -0.4 is 0 Å². The van der Waals surface area contributed by atoms with Crippen LogP contribution in [0, 0.1) is 0 Å². The van der Waals surface area contributed by atoms with Gasteiger partial charge in [0.15, 0.2) is 24.9 Å². The highest BCUT2D eigenvalue weighted by atomic mass is 16.6. The Morgan fingerprint density at radius 3 is 1.26 bits per heavy atom. The summed E-state index contributed by atoms with van der Waals surface area (Å²) in [5.41, 5.74) is 5.53. The number of H-pyrrole nitrogens is 3. The van der Waals surface area contributed by atoms with Crippen molar-refractivity contribution in [1.29, 1.82) is 0 Å². The third-order valence-corrected chi connectivity index (χ3v) is 12.8. The van der Waals surface area contributed by atoms with Crippen LogP contribution in [0.5, 0.6) is 0 Å². The van der Waals surface area contributed by atoms with E-state index >= 15 is 0 Å². The van der Waals surface area contributed by atoms with Crippen molar-refractivity contribution in [3.63, 3.8) is 0 Å². The van der Waals surface area contributed by atoms with E-state index in [0.717, 1.165) is 16.8 Å². The molecule has 4 saturated heterocycles. The van der Waals surface area contributed by atoms with Gasteiger partial charge in [0.1, 0.15) is 90.3 Å². The van der Waals surface area contributed by atoms with Crippen molar-refractivity contribution in [3.05, 3.63) is 92.3 Å². The van der Waals surface area contributed by atoms with Crippen LogP contribution in [0.2, 0.25) is 0 Å². The van der Waals surface area contributed by atoms with E-state index in [4.69, 9.17) is 39.4 Å². The van der Waals surface area contributed by atoms with Crippen LogP contribution in [0.3, 0.4) is 0 Å². The molecule has 4 aliphatic heterocycles. The first-order chi connectivity index (χ1) is 37.2. The van der Waals surface area contributed by atoms with Gasteiger partial charge in [0, 0.05) is 61.6 Å². The number of rotatable bonds is 12. The van der Waals surface area contributed by atoms with Crippen LogP contribution in [0.1, 0.15) is 24.9 Å². The largest absolute Gasteiger partial charge is 0.394 e. The summed E-state index contributed by atoms with van der Waals surface area (Å²) in [6.45, 7) is -1.44. The van der Waals surface area contributed by atoms with Crippen molar-refractivity contribution in [2.75, 3.05) is 26.4 Å². The van der Waals surface area contributed by atoms with Crippen molar-refractivity contribution in [3.8, 4) is 45.3 Å². The standard InChI is InChI=1S/C12H16N4O4.2C11H14N4O4.C10H13N5O4/c1-15-5-7(4-13-15)8-2-3-16(14-8)12-11(19)10(18)9(6-17)20-12;16-5-8-9(17)10(18)11(19-8)15-4-2-7(14-15)6-1-3-12-13-6;16-5-8-9(17)10(18)11(19-8)15-2-1-7(14-15)6-3-12-13-4-6;16-4-7-8(17)9(18)10(19-7)15-2-1-5(13-15)6-3-11-14-12-6/h2-5,9-12,17-19H,6H2,1H3;2*1-4,8-11,16-18H,5H2,(H,12,13);1-3,7-10,16-18H,4H2,(H,11,12,14)/t9-,10?,11+,12-;2*8-,9?,10+,11-;7-,8?,9+,10-/m1111/s1. The van der Waals surface area contributed by atoms with Gasteiger partial charge in [0.25, 0.3) is 0 Å². The van der Waals surface area contributed by atoms with Gasteiger partial charge >= 0.3 is 0 Å². The molecule has 33 nitrogen and oxygen atoms in total. The second-order valence-corrected chi connectivity index (χ2v) is 17.9. The number of nitrogens with one attached hydrogen (secondary N) is 3. The zero-order valence-corrected chi connectivity index (χ0v) is 40.5. The van der Waals surface area contributed by atoms with Crippen molar-refractivity contribution < 1.29 is 80.2 Å². The Labute approximate surface area is 433 Å². The molecule has 33 heteroatoms. The molecule has 4 fully saturated rings. The van der Waals surface area contributed by atoms with E-state index in [1.807, 2.05) is 13.2 Å². The maximum Gasteiger partial charge on any atom is 0.179 e. The number of aliphatic hydroxyl groups is 12. The van der Waals surface area contributed by atoms with E-state index in [0.29, 0.717) is 28.5 Å². The number of hydrogen-bond donors (Lipinski definition) is 15.